The number of thiazole rings is 1. The van der Waals surface area contributed by atoms with Crippen LogP contribution < -0.4 is 11.1 Å². The van der Waals surface area contributed by atoms with Gasteiger partial charge in [-0.05, 0) is 26.2 Å². The van der Waals surface area contributed by atoms with Crippen molar-refractivity contribution in [2.24, 2.45) is 11.7 Å². The zero-order chi connectivity index (χ0) is 14.6. The lowest BCUT2D eigenvalue weighted by molar-refractivity contribution is -0.128. The van der Waals surface area contributed by atoms with Crippen LogP contribution in [0.2, 0.25) is 0 Å². The van der Waals surface area contributed by atoms with E-state index in [9.17, 15) is 4.79 Å². The van der Waals surface area contributed by atoms with Crippen molar-refractivity contribution in [1.82, 2.24) is 10.3 Å². The van der Waals surface area contributed by atoms with Crippen LogP contribution in [-0.4, -0.2) is 23.0 Å². The first-order valence-electron chi connectivity index (χ1n) is 7.53. The van der Waals surface area contributed by atoms with Crippen LogP contribution in [0.25, 0.3) is 0 Å². The molecule has 20 heavy (non-hydrogen) atoms. The van der Waals surface area contributed by atoms with Crippen LogP contribution in [0.15, 0.2) is 6.20 Å². The third-order valence-corrected chi connectivity index (χ3v) is 5.36. The van der Waals surface area contributed by atoms with Gasteiger partial charge in [0.05, 0.1) is 10.9 Å². The quantitative estimate of drug-likeness (QED) is 0.875. The van der Waals surface area contributed by atoms with Crippen LogP contribution >= 0.6 is 11.3 Å². The Morgan fingerprint density at radius 2 is 2.40 bits per heavy atom. The van der Waals surface area contributed by atoms with Gasteiger partial charge < -0.3 is 11.1 Å². The van der Waals surface area contributed by atoms with E-state index in [1.54, 1.807) is 11.3 Å². The van der Waals surface area contributed by atoms with E-state index in [2.05, 4.69) is 17.2 Å². The largest absolute Gasteiger partial charge is 0.355 e. The van der Waals surface area contributed by atoms with Crippen molar-refractivity contribution in [3.63, 3.8) is 0 Å². The van der Waals surface area contributed by atoms with E-state index in [0.717, 1.165) is 43.5 Å². The summed E-state index contributed by atoms with van der Waals surface area (Å²) in [5, 5.41) is 4.13. The highest BCUT2D eigenvalue weighted by Gasteiger charge is 2.37. The number of aromatic nitrogens is 1. The number of nitrogens with one attached hydrogen (secondary N) is 1. The standard InChI is InChI=1S/C15H25N3OS/c1-3-11-10-18-13(20-11)7-9-17-14(19)12-6-4-5-8-15(12,2)16/h10,12H,3-9,16H2,1-2H3,(H,17,19). The number of carbonyl (C=O) groups is 1. The highest BCUT2D eigenvalue weighted by atomic mass is 32.1. The molecule has 0 aliphatic heterocycles. The van der Waals surface area contributed by atoms with Gasteiger partial charge in [-0.1, -0.05) is 19.8 Å². The highest BCUT2D eigenvalue weighted by Crippen LogP contribution is 2.31. The third-order valence-electron chi connectivity index (χ3n) is 4.16. The Hall–Kier alpha value is -0.940. The molecule has 0 spiro atoms. The molecule has 5 heteroatoms. The molecule has 1 saturated carbocycles. The molecule has 0 bridgehead atoms. The van der Waals surface area contributed by atoms with Gasteiger partial charge in [0.2, 0.25) is 5.91 Å². The maximum absolute atomic E-state index is 12.3. The molecule has 1 heterocycles. The molecule has 1 aliphatic carbocycles. The lowest BCUT2D eigenvalue weighted by Crippen LogP contribution is -2.53. The van der Waals surface area contributed by atoms with Crippen LogP contribution in [-0.2, 0) is 17.6 Å². The first kappa shape index (κ1) is 15.4. The Labute approximate surface area is 125 Å². The summed E-state index contributed by atoms with van der Waals surface area (Å²) in [5.41, 5.74) is 5.91. The van der Waals surface area contributed by atoms with Crippen molar-refractivity contribution in [3.05, 3.63) is 16.1 Å². The minimum absolute atomic E-state index is 0.0428. The Bertz CT molecular complexity index is 456. The minimum Gasteiger partial charge on any atom is -0.355 e. The summed E-state index contributed by atoms with van der Waals surface area (Å²) < 4.78 is 0. The van der Waals surface area contributed by atoms with Gasteiger partial charge in [0, 0.05) is 29.6 Å². The zero-order valence-corrected chi connectivity index (χ0v) is 13.3. The van der Waals surface area contributed by atoms with Crippen LogP contribution in [0, 0.1) is 5.92 Å². The van der Waals surface area contributed by atoms with Crippen molar-refractivity contribution in [1.29, 1.82) is 0 Å². The number of nitrogens with two attached hydrogens (primary N) is 1. The van der Waals surface area contributed by atoms with Gasteiger partial charge in [-0.3, -0.25) is 4.79 Å². The summed E-state index contributed by atoms with van der Waals surface area (Å²) in [6.45, 7) is 4.79. The second-order valence-electron chi connectivity index (χ2n) is 5.92. The second kappa shape index (κ2) is 6.68. The lowest BCUT2D eigenvalue weighted by atomic mass is 9.74. The molecule has 2 unspecified atom stereocenters. The average Bonchev–Trinajstić information content (AvgIpc) is 2.86. The third kappa shape index (κ3) is 3.79. The number of amides is 1. The molecule has 0 saturated heterocycles. The molecule has 4 nitrogen and oxygen atoms in total. The maximum atomic E-state index is 12.3. The molecule has 112 valence electrons. The summed E-state index contributed by atoms with van der Waals surface area (Å²) in [5.74, 6) is 0.0701. The monoisotopic (exact) mass is 295 g/mol. The van der Waals surface area contributed by atoms with Gasteiger partial charge in [0.1, 0.15) is 0 Å². The Kier molecular flexibility index (Phi) is 5.16. The van der Waals surface area contributed by atoms with Crippen LogP contribution in [0.5, 0.6) is 0 Å². The van der Waals surface area contributed by atoms with E-state index < -0.39 is 0 Å². The lowest BCUT2D eigenvalue weighted by Gasteiger charge is -2.37. The van der Waals surface area contributed by atoms with Crippen molar-refractivity contribution in [2.45, 2.75) is 57.9 Å². The highest BCUT2D eigenvalue weighted by molar-refractivity contribution is 7.11. The summed E-state index contributed by atoms with van der Waals surface area (Å²) in [7, 11) is 0. The van der Waals surface area contributed by atoms with E-state index in [4.69, 9.17) is 5.73 Å². The van der Waals surface area contributed by atoms with E-state index in [1.165, 1.54) is 4.88 Å². The zero-order valence-electron chi connectivity index (χ0n) is 12.4. The van der Waals surface area contributed by atoms with Crippen LogP contribution in [0.3, 0.4) is 0 Å². The topological polar surface area (TPSA) is 68.0 Å². The van der Waals surface area contributed by atoms with Gasteiger partial charge >= 0.3 is 0 Å². The van der Waals surface area contributed by atoms with E-state index >= 15 is 0 Å². The summed E-state index contributed by atoms with van der Waals surface area (Å²) in [6.07, 6.45) is 7.86. The van der Waals surface area contributed by atoms with Crippen molar-refractivity contribution in [2.75, 3.05) is 6.54 Å². The van der Waals surface area contributed by atoms with E-state index in [-0.39, 0.29) is 17.4 Å². The van der Waals surface area contributed by atoms with Gasteiger partial charge in [0.15, 0.2) is 0 Å². The molecule has 3 N–H and O–H groups in total. The first-order valence-corrected chi connectivity index (χ1v) is 8.34. The number of rotatable bonds is 5. The average molecular weight is 295 g/mol. The van der Waals surface area contributed by atoms with Gasteiger partial charge in [-0.2, -0.15) is 0 Å². The number of carbonyl (C=O) groups excluding carboxylic acids is 1. The van der Waals surface area contributed by atoms with E-state index in [1.807, 2.05) is 13.1 Å². The van der Waals surface area contributed by atoms with Gasteiger partial charge in [-0.15, -0.1) is 11.3 Å². The molecule has 2 atom stereocenters. The number of nitrogens with zero attached hydrogens (tertiary/aromatic N) is 1. The molecular formula is C15H25N3OS. The first-order chi connectivity index (χ1) is 9.53. The summed E-state index contributed by atoms with van der Waals surface area (Å²) in [4.78, 5) is 17.9. The number of hydrogen-bond acceptors (Lipinski definition) is 4. The molecular weight excluding hydrogens is 270 g/mol. The predicted molar refractivity (Wildman–Crippen MR) is 82.8 cm³/mol. The molecule has 1 aromatic heterocycles. The van der Waals surface area contributed by atoms with Crippen molar-refractivity contribution >= 4 is 17.2 Å². The van der Waals surface area contributed by atoms with Crippen LogP contribution in [0.1, 0.15) is 49.4 Å². The molecule has 0 radical (unpaired) electrons. The second-order valence-corrected chi connectivity index (χ2v) is 7.12. The summed E-state index contributed by atoms with van der Waals surface area (Å²) in [6, 6.07) is 0. The maximum Gasteiger partial charge on any atom is 0.224 e. The SMILES string of the molecule is CCc1cnc(CCNC(=O)C2CCCCC2(C)N)s1. The van der Waals surface area contributed by atoms with Crippen LogP contribution in [0.4, 0.5) is 0 Å². The molecule has 1 amide bonds. The van der Waals surface area contributed by atoms with E-state index in [0.29, 0.717) is 6.54 Å². The van der Waals surface area contributed by atoms with Gasteiger partial charge in [-0.25, -0.2) is 4.98 Å². The van der Waals surface area contributed by atoms with Crippen molar-refractivity contribution < 1.29 is 4.79 Å². The fraction of sp³-hybridized carbons (Fsp3) is 0.733. The molecule has 0 aromatic carbocycles. The Morgan fingerprint density at radius 1 is 1.60 bits per heavy atom. The number of aryl methyl sites for hydroxylation is 1. The fourth-order valence-electron chi connectivity index (χ4n) is 2.83. The van der Waals surface area contributed by atoms with Gasteiger partial charge in [0.25, 0.3) is 0 Å². The molecule has 1 fully saturated rings. The normalized spacial score (nSPS) is 26.4. The molecule has 1 aliphatic rings. The molecule has 2 rings (SSSR count). The van der Waals surface area contributed by atoms with Crippen molar-refractivity contribution in [3.8, 4) is 0 Å². The Morgan fingerprint density at radius 3 is 3.05 bits per heavy atom. The predicted octanol–water partition coefficient (Wildman–Crippen LogP) is 2.27. The number of hydrogen-bond donors (Lipinski definition) is 2. The smallest absolute Gasteiger partial charge is 0.224 e. The fourth-order valence-corrected chi connectivity index (χ4v) is 3.69. The molecule has 1 aromatic rings. The summed E-state index contributed by atoms with van der Waals surface area (Å²) >= 11 is 1.73. The Balaban J connectivity index is 1.79. The minimum atomic E-state index is -0.348.